The maximum atomic E-state index is 11.3. The molecule has 0 N–H and O–H groups in total. The Hall–Kier alpha value is -0.440. The van der Waals surface area contributed by atoms with E-state index in [-0.39, 0.29) is 5.97 Å². The number of hydrogen-bond donors (Lipinski definition) is 1. The van der Waals surface area contributed by atoms with E-state index in [9.17, 15) is 4.79 Å². The molecule has 0 aliphatic heterocycles. The fourth-order valence-electron chi connectivity index (χ4n) is 0.594. The van der Waals surface area contributed by atoms with Crippen molar-refractivity contribution >= 4 is 18.5 Å². The first-order chi connectivity index (χ1) is 6.48. The average molecular weight is 204 g/mol. The molecule has 0 saturated heterocycles. The SMILES string of the molecule is [3H]SCC/C=C\COC(=O)C(C)(C)C. The van der Waals surface area contributed by atoms with Gasteiger partial charge < -0.3 is 4.74 Å². The van der Waals surface area contributed by atoms with Crippen molar-refractivity contribution < 1.29 is 9.53 Å². The molecule has 0 aliphatic carbocycles. The third-order valence-corrected chi connectivity index (χ3v) is 1.61. The van der Waals surface area contributed by atoms with Crippen LogP contribution in [0.15, 0.2) is 12.2 Å². The van der Waals surface area contributed by atoms with Gasteiger partial charge in [0.05, 0.1) is 5.41 Å². The lowest BCUT2D eigenvalue weighted by Gasteiger charge is -2.15. The van der Waals surface area contributed by atoms with Gasteiger partial charge in [-0.15, -0.1) is 0 Å². The highest BCUT2D eigenvalue weighted by Gasteiger charge is 2.22. The van der Waals surface area contributed by atoms with Gasteiger partial charge in [-0.3, -0.25) is 4.79 Å². The van der Waals surface area contributed by atoms with Gasteiger partial charge >= 0.3 is 5.97 Å². The van der Waals surface area contributed by atoms with Crippen LogP contribution in [0.1, 0.15) is 27.2 Å². The van der Waals surface area contributed by atoms with E-state index in [0.29, 0.717) is 6.61 Å². The lowest BCUT2D eigenvalue weighted by molar-refractivity contribution is -0.151. The van der Waals surface area contributed by atoms with Crippen molar-refractivity contribution in [2.75, 3.05) is 12.4 Å². The molecule has 0 atom stereocenters. The molecule has 0 aliphatic rings. The average Bonchev–Trinajstić information content (AvgIpc) is 2.09. The second-order valence-electron chi connectivity index (χ2n) is 3.81. The monoisotopic (exact) mass is 204 g/mol. The summed E-state index contributed by atoms with van der Waals surface area (Å²) in [4.78, 5) is 11.3. The molecule has 13 heavy (non-hydrogen) atoms. The van der Waals surface area contributed by atoms with Crippen LogP contribution in [-0.4, -0.2) is 19.5 Å². The second kappa shape index (κ2) is 6.08. The summed E-state index contributed by atoms with van der Waals surface area (Å²) in [5.41, 5.74) is -0.426. The van der Waals surface area contributed by atoms with Gasteiger partial charge in [-0.1, -0.05) is 12.2 Å². The molecule has 0 fully saturated rings. The van der Waals surface area contributed by atoms with Crippen LogP contribution in [-0.2, 0) is 9.53 Å². The van der Waals surface area contributed by atoms with Crippen LogP contribution in [0.2, 0.25) is 0 Å². The van der Waals surface area contributed by atoms with Crippen LogP contribution < -0.4 is 0 Å². The third kappa shape index (κ3) is 6.70. The Kier molecular flexibility index (Phi) is 4.98. The van der Waals surface area contributed by atoms with Crippen molar-refractivity contribution in [3.63, 3.8) is 0 Å². The lowest BCUT2D eigenvalue weighted by Crippen LogP contribution is -2.22. The fraction of sp³-hybridized carbons (Fsp3) is 0.700. The number of rotatable bonds is 5. The van der Waals surface area contributed by atoms with Crippen LogP contribution in [0, 0.1) is 5.41 Å². The summed E-state index contributed by atoms with van der Waals surface area (Å²) in [7, 11) is 0. The highest BCUT2D eigenvalue weighted by molar-refractivity contribution is 7.80. The minimum absolute atomic E-state index is 0.183. The van der Waals surface area contributed by atoms with Crippen molar-refractivity contribution in [3.8, 4) is 0 Å². The molecule has 0 heterocycles. The molecule has 0 amide bonds. The van der Waals surface area contributed by atoms with E-state index in [1.54, 1.807) is 0 Å². The molecule has 0 bridgehead atoms. The van der Waals surface area contributed by atoms with Crippen molar-refractivity contribution in [1.82, 2.24) is 0 Å². The van der Waals surface area contributed by atoms with Gasteiger partial charge in [-0.2, -0.15) is 12.5 Å². The fourth-order valence-corrected chi connectivity index (χ4v) is 0.730. The largest absolute Gasteiger partial charge is 0.461 e. The molecular formula is C10H18O2S. The van der Waals surface area contributed by atoms with Crippen molar-refractivity contribution in [2.24, 2.45) is 5.41 Å². The maximum Gasteiger partial charge on any atom is 0.311 e. The molecule has 3 heteroatoms. The summed E-state index contributed by atoms with van der Waals surface area (Å²) >= 11 is 1.06. The minimum Gasteiger partial charge on any atom is -0.461 e. The molecular weight excluding hydrogens is 184 g/mol. The second-order valence-corrected chi connectivity index (χ2v) is 4.22. The Balaban J connectivity index is 3.54. The Bertz CT molecular complexity index is 197. The molecule has 0 aromatic carbocycles. The van der Waals surface area contributed by atoms with E-state index < -0.39 is 5.41 Å². The van der Waals surface area contributed by atoms with Gasteiger partial charge in [-0.25, -0.2) is 0 Å². The molecule has 0 aromatic rings. The van der Waals surface area contributed by atoms with E-state index in [1.165, 1.54) is 0 Å². The number of allylic oxidation sites excluding steroid dienone is 1. The zero-order valence-electron chi connectivity index (χ0n) is 9.50. The van der Waals surface area contributed by atoms with Gasteiger partial charge in [0, 0.05) is 0 Å². The molecule has 2 nitrogen and oxygen atoms in total. The number of carbonyl (C=O) groups excluding carboxylic acids is 1. The Labute approximate surface area is 86.9 Å². The van der Waals surface area contributed by atoms with Crippen molar-refractivity contribution in [3.05, 3.63) is 12.2 Å². The Morgan fingerprint density at radius 1 is 1.54 bits per heavy atom. The Morgan fingerprint density at radius 3 is 2.77 bits per heavy atom. The predicted molar refractivity (Wildman–Crippen MR) is 58.0 cm³/mol. The molecule has 0 spiro atoms. The zero-order valence-corrected chi connectivity index (χ0v) is 9.32. The summed E-state index contributed by atoms with van der Waals surface area (Å²) in [6.07, 6.45) is 4.60. The van der Waals surface area contributed by atoms with Crippen LogP contribution in [0.25, 0.3) is 0 Å². The normalized spacial score (nSPS) is 13.0. The summed E-state index contributed by atoms with van der Waals surface area (Å²) < 4.78 is 11.8. The van der Waals surface area contributed by atoms with Crippen LogP contribution in [0.3, 0.4) is 0 Å². The topological polar surface area (TPSA) is 26.3 Å². The van der Waals surface area contributed by atoms with Crippen molar-refractivity contribution in [2.45, 2.75) is 27.2 Å². The van der Waals surface area contributed by atoms with Gasteiger partial charge in [0.2, 0.25) is 0 Å². The molecule has 0 radical (unpaired) electrons. The first-order valence-electron chi connectivity index (χ1n) is 4.79. The summed E-state index contributed by atoms with van der Waals surface area (Å²) in [5.74, 6) is 0.598. The first kappa shape index (κ1) is 10.6. The van der Waals surface area contributed by atoms with E-state index >= 15 is 0 Å². The highest BCUT2D eigenvalue weighted by Crippen LogP contribution is 2.14. The first-order valence-corrected chi connectivity index (χ1v) is 4.96. The maximum absolute atomic E-state index is 11.3. The Morgan fingerprint density at radius 2 is 2.23 bits per heavy atom. The smallest absolute Gasteiger partial charge is 0.311 e. The minimum atomic E-state index is -0.426. The molecule has 0 saturated carbocycles. The van der Waals surface area contributed by atoms with E-state index in [4.69, 9.17) is 5.86 Å². The number of thiol groups is 1. The van der Waals surface area contributed by atoms with Crippen LogP contribution in [0.5, 0.6) is 0 Å². The van der Waals surface area contributed by atoms with Gasteiger partial charge in [0.25, 0.3) is 0 Å². The van der Waals surface area contributed by atoms with E-state index in [0.717, 1.165) is 24.7 Å². The summed E-state index contributed by atoms with van der Waals surface area (Å²) in [6, 6.07) is 0. The molecule has 0 unspecified atom stereocenters. The number of esters is 1. The standard InChI is InChI=1S/C10H18O2S/c1-10(2,3)9(11)12-7-5-4-6-8-13/h4-5,13H,6-8H2,1-3H3/b5-4-/i/hT. The zero-order chi connectivity index (χ0) is 11.0. The quantitative estimate of drug-likeness (QED) is 0.322. The highest BCUT2D eigenvalue weighted by atomic mass is 32.1. The number of ether oxygens (including phenoxy) is 1. The summed E-state index contributed by atoms with van der Waals surface area (Å²) in [5, 5.41) is 0. The summed E-state index contributed by atoms with van der Waals surface area (Å²) in [6.45, 7) is 5.82. The van der Waals surface area contributed by atoms with Gasteiger partial charge in [0.1, 0.15) is 7.73 Å². The van der Waals surface area contributed by atoms with E-state index in [2.05, 4.69) is 0 Å². The van der Waals surface area contributed by atoms with Gasteiger partial charge in [0.15, 0.2) is 0 Å². The van der Waals surface area contributed by atoms with Crippen LogP contribution >= 0.6 is 12.5 Å². The third-order valence-electron chi connectivity index (χ3n) is 1.37. The number of hydrogen-bond acceptors (Lipinski definition) is 3. The number of carbonyl (C=O) groups is 1. The molecule has 76 valence electrons. The van der Waals surface area contributed by atoms with Crippen LogP contribution in [0.4, 0.5) is 0 Å². The lowest BCUT2D eigenvalue weighted by atomic mass is 9.97. The van der Waals surface area contributed by atoms with E-state index in [1.807, 2.05) is 32.9 Å². The van der Waals surface area contributed by atoms with Crippen molar-refractivity contribution in [1.29, 1.82) is 1.12 Å². The molecule has 0 rings (SSSR count). The molecule has 0 aromatic heterocycles. The van der Waals surface area contributed by atoms with Gasteiger partial charge in [-0.05, 0) is 32.9 Å². The predicted octanol–water partition coefficient (Wildman–Crippen LogP) is 2.45.